The third-order valence-corrected chi connectivity index (χ3v) is 3.85. The lowest BCUT2D eigenvalue weighted by Crippen LogP contribution is -2.19. The van der Waals surface area contributed by atoms with E-state index in [-0.39, 0.29) is 5.91 Å². The maximum absolute atomic E-state index is 11.4. The number of hydrogen-bond donors (Lipinski definition) is 1. The Labute approximate surface area is 94.8 Å². The van der Waals surface area contributed by atoms with Gasteiger partial charge in [-0.25, -0.2) is 4.98 Å². The van der Waals surface area contributed by atoms with E-state index in [1.54, 1.807) is 0 Å². The lowest BCUT2D eigenvalue weighted by Gasteiger charge is -2.27. The average molecular weight is 219 g/mol. The third kappa shape index (κ3) is 1.36. The number of fused-ring (bicyclic) bond motifs is 1. The zero-order valence-electron chi connectivity index (χ0n) is 9.41. The predicted molar refractivity (Wildman–Crippen MR) is 60.3 cm³/mol. The fourth-order valence-corrected chi connectivity index (χ4v) is 2.75. The van der Waals surface area contributed by atoms with E-state index in [9.17, 15) is 4.79 Å². The molecule has 3 rings (SSSR count). The number of rotatable bonds is 2. The van der Waals surface area contributed by atoms with Gasteiger partial charge in [-0.1, -0.05) is 6.42 Å². The predicted octanol–water partition coefficient (Wildman–Crippen LogP) is 1.59. The maximum Gasteiger partial charge on any atom is 0.269 e. The van der Waals surface area contributed by atoms with Gasteiger partial charge in [-0.3, -0.25) is 4.79 Å². The summed E-state index contributed by atoms with van der Waals surface area (Å²) in [5.41, 5.74) is 7.01. The van der Waals surface area contributed by atoms with Gasteiger partial charge in [0.25, 0.3) is 5.91 Å². The van der Waals surface area contributed by atoms with Crippen molar-refractivity contribution in [2.45, 2.75) is 51.0 Å². The van der Waals surface area contributed by atoms with Crippen LogP contribution in [0.5, 0.6) is 0 Å². The minimum absolute atomic E-state index is 0.365. The minimum Gasteiger partial charge on any atom is -0.364 e. The van der Waals surface area contributed by atoms with Crippen LogP contribution in [0.15, 0.2) is 0 Å². The summed E-state index contributed by atoms with van der Waals surface area (Å²) in [4.78, 5) is 15.9. The van der Waals surface area contributed by atoms with Gasteiger partial charge in [-0.2, -0.15) is 0 Å². The molecule has 0 atom stereocenters. The van der Waals surface area contributed by atoms with Crippen LogP contribution in [0.25, 0.3) is 0 Å². The first kappa shape index (κ1) is 9.87. The zero-order chi connectivity index (χ0) is 11.1. The molecule has 1 aromatic heterocycles. The molecule has 2 heterocycles. The summed E-state index contributed by atoms with van der Waals surface area (Å²) in [7, 11) is 0. The lowest BCUT2D eigenvalue weighted by molar-refractivity contribution is 0.0994. The van der Waals surface area contributed by atoms with Crippen LogP contribution in [-0.2, 0) is 13.0 Å². The fraction of sp³-hybridized carbons (Fsp3) is 0.667. The standard InChI is InChI=1S/C12H17N3O/c13-11(16)10-9-6-1-2-7-15(9)12(14-10)8-4-3-5-8/h8H,1-7H2,(H2,13,16). The molecule has 0 saturated heterocycles. The molecule has 1 amide bonds. The van der Waals surface area contributed by atoms with Gasteiger partial charge in [0.2, 0.25) is 0 Å². The number of hydrogen-bond acceptors (Lipinski definition) is 2. The van der Waals surface area contributed by atoms with Gasteiger partial charge in [0, 0.05) is 12.5 Å². The highest BCUT2D eigenvalue weighted by Crippen LogP contribution is 2.37. The lowest BCUT2D eigenvalue weighted by atomic mass is 9.84. The number of amides is 1. The number of aromatic nitrogens is 2. The largest absolute Gasteiger partial charge is 0.364 e. The number of nitrogens with two attached hydrogens (primary N) is 1. The van der Waals surface area contributed by atoms with Crippen LogP contribution >= 0.6 is 0 Å². The molecule has 0 spiro atoms. The van der Waals surface area contributed by atoms with Crippen LogP contribution in [0, 0.1) is 0 Å². The van der Waals surface area contributed by atoms with Gasteiger partial charge in [0.15, 0.2) is 0 Å². The molecular weight excluding hydrogens is 202 g/mol. The smallest absolute Gasteiger partial charge is 0.269 e. The molecule has 0 aromatic carbocycles. The Bertz CT molecular complexity index is 432. The van der Waals surface area contributed by atoms with Crippen molar-refractivity contribution in [1.82, 2.24) is 9.55 Å². The summed E-state index contributed by atoms with van der Waals surface area (Å²) in [6.45, 7) is 1.02. The van der Waals surface area contributed by atoms with Crippen molar-refractivity contribution in [3.8, 4) is 0 Å². The molecule has 1 aromatic rings. The summed E-state index contributed by atoms with van der Waals surface area (Å²) in [6.07, 6.45) is 7.03. The molecule has 4 nitrogen and oxygen atoms in total. The molecule has 4 heteroatoms. The van der Waals surface area contributed by atoms with Gasteiger partial charge < -0.3 is 10.3 Å². The fourth-order valence-electron chi connectivity index (χ4n) is 2.75. The van der Waals surface area contributed by atoms with E-state index in [0.717, 1.165) is 30.9 Å². The molecular formula is C12H17N3O. The highest BCUT2D eigenvalue weighted by Gasteiger charge is 2.30. The SMILES string of the molecule is NC(=O)c1nc(C2CCC2)n2c1CCCC2. The highest BCUT2D eigenvalue weighted by molar-refractivity contribution is 5.92. The van der Waals surface area contributed by atoms with Crippen molar-refractivity contribution in [1.29, 1.82) is 0 Å². The van der Waals surface area contributed by atoms with E-state index in [1.807, 2.05) is 0 Å². The van der Waals surface area contributed by atoms with Crippen molar-refractivity contribution >= 4 is 5.91 Å². The van der Waals surface area contributed by atoms with Gasteiger partial charge >= 0.3 is 0 Å². The van der Waals surface area contributed by atoms with Crippen LogP contribution in [-0.4, -0.2) is 15.5 Å². The first-order valence-corrected chi connectivity index (χ1v) is 6.16. The molecule has 2 aliphatic rings. The first-order valence-electron chi connectivity index (χ1n) is 6.16. The Hall–Kier alpha value is -1.32. The number of primary amides is 1. The molecule has 1 fully saturated rings. The average Bonchev–Trinajstić information content (AvgIpc) is 2.56. The molecule has 16 heavy (non-hydrogen) atoms. The first-order chi connectivity index (χ1) is 7.77. The van der Waals surface area contributed by atoms with E-state index in [2.05, 4.69) is 9.55 Å². The van der Waals surface area contributed by atoms with Crippen LogP contribution < -0.4 is 5.73 Å². The number of nitrogens with zero attached hydrogens (tertiary/aromatic N) is 2. The highest BCUT2D eigenvalue weighted by atomic mass is 16.1. The van der Waals surface area contributed by atoms with E-state index in [1.165, 1.54) is 25.7 Å². The van der Waals surface area contributed by atoms with Gasteiger partial charge in [0.05, 0.1) is 5.69 Å². The van der Waals surface area contributed by atoms with E-state index >= 15 is 0 Å². The van der Waals surface area contributed by atoms with Crippen LogP contribution in [0.1, 0.15) is 60.0 Å². The second-order valence-corrected chi connectivity index (χ2v) is 4.87. The van der Waals surface area contributed by atoms with Crippen LogP contribution in [0.3, 0.4) is 0 Å². The molecule has 1 saturated carbocycles. The summed E-state index contributed by atoms with van der Waals surface area (Å²) < 4.78 is 2.26. The van der Waals surface area contributed by atoms with Crippen LogP contribution in [0.2, 0.25) is 0 Å². The quantitative estimate of drug-likeness (QED) is 0.821. The molecule has 0 radical (unpaired) electrons. The Morgan fingerprint density at radius 3 is 2.75 bits per heavy atom. The Balaban J connectivity index is 2.07. The van der Waals surface area contributed by atoms with E-state index in [0.29, 0.717) is 11.6 Å². The topological polar surface area (TPSA) is 60.9 Å². The number of carbonyl (C=O) groups is 1. The Kier molecular flexibility index (Phi) is 2.23. The van der Waals surface area contributed by atoms with Crippen LogP contribution in [0.4, 0.5) is 0 Å². The second kappa shape index (κ2) is 3.61. The van der Waals surface area contributed by atoms with Crippen molar-refractivity contribution < 1.29 is 4.79 Å². The van der Waals surface area contributed by atoms with E-state index < -0.39 is 0 Å². The third-order valence-electron chi connectivity index (χ3n) is 3.85. The van der Waals surface area contributed by atoms with Crippen molar-refractivity contribution in [3.63, 3.8) is 0 Å². The molecule has 2 N–H and O–H groups in total. The summed E-state index contributed by atoms with van der Waals surface area (Å²) >= 11 is 0. The molecule has 1 aliphatic heterocycles. The molecule has 0 unspecified atom stereocenters. The molecule has 0 bridgehead atoms. The van der Waals surface area contributed by atoms with Crippen molar-refractivity contribution in [3.05, 3.63) is 17.2 Å². The normalized spacial score (nSPS) is 20.2. The Morgan fingerprint density at radius 2 is 2.12 bits per heavy atom. The van der Waals surface area contributed by atoms with Gasteiger partial charge in [-0.15, -0.1) is 0 Å². The maximum atomic E-state index is 11.4. The number of imidazole rings is 1. The second-order valence-electron chi connectivity index (χ2n) is 4.87. The van der Waals surface area contributed by atoms with Gasteiger partial charge in [0.1, 0.15) is 11.5 Å². The number of carbonyl (C=O) groups excluding carboxylic acids is 1. The Morgan fingerprint density at radius 1 is 1.31 bits per heavy atom. The molecule has 1 aliphatic carbocycles. The minimum atomic E-state index is -0.365. The summed E-state index contributed by atoms with van der Waals surface area (Å²) in [5.74, 6) is 1.33. The molecule has 86 valence electrons. The summed E-state index contributed by atoms with van der Waals surface area (Å²) in [6, 6.07) is 0. The summed E-state index contributed by atoms with van der Waals surface area (Å²) in [5, 5.41) is 0. The van der Waals surface area contributed by atoms with Crippen molar-refractivity contribution in [2.24, 2.45) is 5.73 Å². The van der Waals surface area contributed by atoms with Gasteiger partial charge in [-0.05, 0) is 32.1 Å². The zero-order valence-corrected chi connectivity index (χ0v) is 9.41. The monoisotopic (exact) mass is 219 g/mol. The van der Waals surface area contributed by atoms with E-state index in [4.69, 9.17) is 5.73 Å². The van der Waals surface area contributed by atoms with Crippen molar-refractivity contribution in [2.75, 3.05) is 0 Å².